The third kappa shape index (κ3) is 2.17. The molecule has 0 fully saturated rings. The monoisotopic (exact) mass is 332 g/mol. The first kappa shape index (κ1) is 13.8. The van der Waals surface area contributed by atoms with Gasteiger partial charge in [-0.25, -0.2) is 9.97 Å². The molecule has 0 unspecified atom stereocenters. The topological polar surface area (TPSA) is 93.2 Å². The maximum absolute atomic E-state index is 10.1. The van der Waals surface area contributed by atoms with E-state index in [0.717, 1.165) is 11.3 Å². The maximum atomic E-state index is 10.1. The van der Waals surface area contributed by atoms with E-state index in [2.05, 4.69) is 20.2 Å². The zero-order valence-electron chi connectivity index (χ0n) is 12.9. The largest absolute Gasteiger partial charge is 0.507 e. The minimum atomic E-state index is 0.157. The van der Waals surface area contributed by atoms with Crippen LogP contribution in [-0.2, 0) is 0 Å². The Bertz CT molecular complexity index is 1110. The Hall–Kier alpha value is -3.61. The van der Waals surface area contributed by atoms with Gasteiger partial charge in [-0.1, -0.05) is 12.1 Å². The van der Waals surface area contributed by atoms with Crippen molar-refractivity contribution in [1.29, 1.82) is 0 Å². The average Bonchev–Trinajstić information content (AvgIpc) is 3.27. The van der Waals surface area contributed by atoms with Crippen LogP contribution in [0, 0.1) is 0 Å². The van der Waals surface area contributed by atoms with Crippen molar-refractivity contribution >= 4 is 11.2 Å². The number of phenols is 1. The van der Waals surface area contributed by atoms with Gasteiger partial charge >= 0.3 is 0 Å². The van der Waals surface area contributed by atoms with Crippen LogP contribution in [0.2, 0.25) is 0 Å². The van der Waals surface area contributed by atoms with Crippen molar-refractivity contribution in [3.05, 3.63) is 48.7 Å². The van der Waals surface area contributed by atoms with Gasteiger partial charge in [-0.05, 0) is 30.3 Å². The number of H-pyrrole nitrogens is 1. The lowest BCUT2D eigenvalue weighted by Crippen LogP contribution is -1.92. The summed E-state index contributed by atoms with van der Waals surface area (Å²) < 4.78 is 10.8. The van der Waals surface area contributed by atoms with E-state index in [1.54, 1.807) is 24.4 Å². The lowest BCUT2D eigenvalue weighted by molar-refractivity contribution is 0.174. The molecular formula is C18H12N4O3. The summed E-state index contributed by atoms with van der Waals surface area (Å²) in [7, 11) is 0. The molecule has 25 heavy (non-hydrogen) atoms. The van der Waals surface area contributed by atoms with Gasteiger partial charge < -0.3 is 14.6 Å². The average molecular weight is 332 g/mol. The van der Waals surface area contributed by atoms with Gasteiger partial charge in [0, 0.05) is 11.1 Å². The van der Waals surface area contributed by atoms with E-state index in [9.17, 15) is 5.11 Å². The second kappa shape index (κ2) is 5.20. The summed E-state index contributed by atoms with van der Waals surface area (Å²) in [5, 5.41) is 17.3. The van der Waals surface area contributed by atoms with Crippen LogP contribution in [0.25, 0.3) is 33.7 Å². The van der Waals surface area contributed by atoms with Crippen molar-refractivity contribution in [3.63, 3.8) is 0 Å². The predicted octanol–water partition coefficient (Wildman–Crippen LogP) is 3.12. The molecule has 5 rings (SSSR count). The van der Waals surface area contributed by atoms with Crippen molar-refractivity contribution in [2.75, 3.05) is 6.79 Å². The number of ether oxygens (including phenoxy) is 2. The van der Waals surface area contributed by atoms with E-state index in [4.69, 9.17) is 9.47 Å². The number of nitrogens with zero attached hydrogens (tertiary/aromatic N) is 3. The van der Waals surface area contributed by atoms with Crippen molar-refractivity contribution in [2.24, 2.45) is 0 Å². The molecule has 7 nitrogen and oxygen atoms in total. The number of phenolic OH excluding ortho intramolecular Hbond substituents is 1. The lowest BCUT2D eigenvalue weighted by Gasteiger charge is -2.04. The Balaban J connectivity index is 1.67. The van der Waals surface area contributed by atoms with Crippen LogP contribution in [0.15, 0.2) is 48.7 Å². The zero-order chi connectivity index (χ0) is 16.8. The quantitative estimate of drug-likeness (QED) is 0.586. The first-order valence-corrected chi connectivity index (χ1v) is 7.69. The van der Waals surface area contributed by atoms with Crippen LogP contribution in [0.4, 0.5) is 0 Å². The molecule has 0 radical (unpaired) electrons. The minimum absolute atomic E-state index is 0.157. The molecule has 2 aromatic heterocycles. The standard InChI is InChI=1S/C18H12N4O3/c23-13-4-2-1-3-11(13)12-8-19-18-17(20-12)16(21-22-18)10-5-6-14-15(7-10)25-9-24-14/h1-8,23H,9H2,(H,19,21,22). The Morgan fingerprint density at radius 2 is 1.92 bits per heavy atom. The fourth-order valence-electron chi connectivity index (χ4n) is 2.87. The summed E-state index contributed by atoms with van der Waals surface area (Å²) in [6, 6.07) is 12.7. The van der Waals surface area contributed by atoms with Crippen LogP contribution in [-0.4, -0.2) is 32.1 Å². The van der Waals surface area contributed by atoms with E-state index in [1.807, 2.05) is 24.3 Å². The van der Waals surface area contributed by atoms with E-state index < -0.39 is 0 Å². The highest BCUT2D eigenvalue weighted by Crippen LogP contribution is 2.37. The van der Waals surface area contributed by atoms with Crippen LogP contribution in [0.5, 0.6) is 17.2 Å². The number of aromatic nitrogens is 4. The number of nitrogens with one attached hydrogen (secondary N) is 1. The highest BCUT2D eigenvalue weighted by atomic mass is 16.7. The van der Waals surface area contributed by atoms with Crippen LogP contribution < -0.4 is 9.47 Å². The van der Waals surface area contributed by atoms with Crippen molar-refractivity contribution in [1.82, 2.24) is 20.2 Å². The molecule has 3 heterocycles. The molecular weight excluding hydrogens is 320 g/mol. The summed E-state index contributed by atoms with van der Waals surface area (Å²) in [5.41, 5.74) is 3.93. The SMILES string of the molecule is Oc1ccccc1-c1cnc2n[nH]c(-c3ccc4c(c3)OCO4)c2n1. The summed E-state index contributed by atoms with van der Waals surface area (Å²) in [6.07, 6.45) is 1.60. The van der Waals surface area contributed by atoms with Crippen molar-refractivity contribution in [3.8, 4) is 39.8 Å². The number of aromatic hydroxyl groups is 1. The molecule has 0 saturated carbocycles. The molecule has 0 atom stereocenters. The third-order valence-corrected chi connectivity index (χ3v) is 4.10. The summed E-state index contributed by atoms with van der Waals surface area (Å²) in [4.78, 5) is 8.99. The van der Waals surface area contributed by atoms with Gasteiger partial charge in [-0.15, -0.1) is 0 Å². The van der Waals surface area contributed by atoms with Crippen molar-refractivity contribution in [2.45, 2.75) is 0 Å². The summed E-state index contributed by atoms with van der Waals surface area (Å²) in [5.74, 6) is 1.56. The van der Waals surface area contributed by atoms with Gasteiger partial charge in [0.25, 0.3) is 0 Å². The molecule has 1 aliphatic heterocycles. The van der Waals surface area contributed by atoms with Gasteiger partial charge in [0.15, 0.2) is 17.1 Å². The predicted molar refractivity (Wildman–Crippen MR) is 90.3 cm³/mol. The van der Waals surface area contributed by atoms with Crippen LogP contribution in [0.3, 0.4) is 0 Å². The lowest BCUT2D eigenvalue weighted by atomic mass is 10.1. The third-order valence-electron chi connectivity index (χ3n) is 4.10. The smallest absolute Gasteiger partial charge is 0.231 e. The van der Waals surface area contributed by atoms with Crippen molar-refractivity contribution < 1.29 is 14.6 Å². The molecule has 0 amide bonds. The van der Waals surface area contributed by atoms with Crippen LogP contribution >= 0.6 is 0 Å². The Labute approximate surface area is 141 Å². The molecule has 7 heteroatoms. The first-order valence-electron chi connectivity index (χ1n) is 7.69. The zero-order valence-corrected chi connectivity index (χ0v) is 12.9. The number of fused-ring (bicyclic) bond motifs is 2. The fourth-order valence-corrected chi connectivity index (χ4v) is 2.87. The van der Waals surface area contributed by atoms with Gasteiger partial charge in [0.05, 0.1) is 17.6 Å². The molecule has 2 aromatic carbocycles. The Morgan fingerprint density at radius 1 is 1.04 bits per heavy atom. The molecule has 1 aliphatic rings. The van der Waals surface area contributed by atoms with E-state index in [0.29, 0.717) is 33.9 Å². The normalized spacial score (nSPS) is 12.6. The number of para-hydroxylation sites is 1. The summed E-state index contributed by atoms with van der Waals surface area (Å²) in [6.45, 7) is 0.222. The molecule has 0 saturated heterocycles. The van der Waals surface area contributed by atoms with E-state index in [1.165, 1.54) is 0 Å². The minimum Gasteiger partial charge on any atom is -0.507 e. The Kier molecular flexibility index (Phi) is 2.87. The molecule has 0 spiro atoms. The number of benzene rings is 2. The molecule has 0 bridgehead atoms. The van der Waals surface area contributed by atoms with Crippen LogP contribution in [0.1, 0.15) is 0 Å². The number of aromatic amines is 1. The number of rotatable bonds is 2. The van der Waals surface area contributed by atoms with E-state index >= 15 is 0 Å². The first-order chi connectivity index (χ1) is 12.3. The highest BCUT2D eigenvalue weighted by molar-refractivity contribution is 5.89. The number of hydrogen-bond acceptors (Lipinski definition) is 6. The Morgan fingerprint density at radius 3 is 2.84 bits per heavy atom. The second-order valence-corrected chi connectivity index (χ2v) is 5.61. The second-order valence-electron chi connectivity index (χ2n) is 5.61. The van der Waals surface area contributed by atoms with Gasteiger partial charge in [-0.3, -0.25) is 5.10 Å². The van der Waals surface area contributed by atoms with Gasteiger partial charge in [0.1, 0.15) is 11.3 Å². The van der Waals surface area contributed by atoms with Gasteiger partial charge in [0.2, 0.25) is 6.79 Å². The maximum Gasteiger partial charge on any atom is 0.231 e. The van der Waals surface area contributed by atoms with Gasteiger partial charge in [-0.2, -0.15) is 5.10 Å². The van der Waals surface area contributed by atoms with E-state index in [-0.39, 0.29) is 12.5 Å². The molecule has 122 valence electrons. The molecule has 2 N–H and O–H groups in total. The molecule has 4 aromatic rings. The fraction of sp³-hybridized carbons (Fsp3) is 0.0556. The molecule has 0 aliphatic carbocycles. The summed E-state index contributed by atoms with van der Waals surface area (Å²) >= 11 is 0. The number of hydrogen-bond donors (Lipinski definition) is 2. The highest BCUT2D eigenvalue weighted by Gasteiger charge is 2.18.